The number of likely N-dealkylation sites (N-methyl/N-ethyl adjacent to an activating group) is 1. The van der Waals surface area contributed by atoms with Crippen LogP contribution in [0.15, 0.2) is 122 Å². The summed E-state index contributed by atoms with van der Waals surface area (Å²) >= 11 is 0. The molecular weight excluding hydrogens is 900 g/mol. The van der Waals surface area contributed by atoms with E-state index < -0.39 is 20.0 Å². The van der Waals surface area contributed by atoms with Gasteiger partial charge in [0, 0.05) is 6.42 Å². The molecule has 0 saturated heterocycles. The highest BCUT2D eigenvalue weighted by molar-refractivity contribution is 7.47. The van der Waals surface area contributed by atoms with Crippen LogP contribution in [0.1, 0.15) is 213 Å². The summed E-state index contributed by atoms with van der Waals surface area (Å²) in [6, 6.07) is -0.877. The van der Waals surface area contributed by atoms with E-state index in [0.717, 1.165) is 96.3 Å². The van der Waals surface area contributed by atoms with Crippen LogP contribution >= 0.6 is 7.82 Å². The number of phosphoric acid groups is 1. The number of nitrogens with one attached hydrogen (secondary N) is 1. The maximum atomic E-state index is 13.0. The number of rotatable bonds is 50. The lowest BCUT2D eigenvalue weighted by Crippen LogP contribution is -2.45. The zero-order valence-corrected chi connectivity index (χ0v) is 47.1. The van der Waals surface area contributed by atoms with Crippen molar-refractivity contribution in [3.8, 4) is 0 Å². The average molecular weight is 1010 g/mol. The first-order chi connectivity index (χ1) is 34.5. The van der Waals surface area contributed by atoms with Gasteiger partial charge in [0.1, 0.15) is 13.2 Å². The number of hydrogen-bond donors (Lipinski definition) is 3. The van der Waals surface area contributed by atoms with Crippen molar-refractivity contribution in [2.45, 2.75) is 225 Å². The molecule has 1 amide bonds. The smallest absolute Gasteiger partial charge is 0.387 e. The maximum Gasteiger partial charge on any atom is 0.472 e. The van der Waals surface area contributed by atoms with Crippen molar-refractivity contribution in [2.24, 2.45) is 0 Å². The number of phosphoric ester groups is 1. The molecular formula is C62H108N2O6P+. The summed E-state index contributed by atoms with van der Waals surface area (Å²) in [6.45, 7) is 4.63. The topological polar surface area (TPSA) is 105 Å². The molecule has 0 aromatic heterocycles. The summed E-state index contributed by atoms with van der Waals surface area (Å²) in [6.07, 6.45) is 77.3. The highest BCUT2D eigenvalue weighted by Gasteiger charge is 2.27. The molecule has 0 heterocycles. The Balaban J connectivity index is 4.14. The molecule has 0 fully saturated rings. The molecule has 0 aliphatic rings. The average Bonchev–Trinajstić information content (AvgIpc) is 3.33. The van der Waals surface area contributed by atoms with Gasteiger partial charge < -0.3 is 19.8 Å². The van der Waals surface area contributed by atoms with E-state index in [1.165, 1.54) is 96.3 Å². The van der Waals surface area contributed by atoms with Gasteiger partial charge >= 0.3 is 7.82 Å². The number of quaternary nitrogens is 1. The third-order valence-electron chi connectivity index (χ3n) is 11.9. The molecule has 3 atom stereocenters. The van der Waals surface area contributed by atoms with Gasteiger partial charge in [0.2, 0.25) is 5.91 Å². The summed E-state index contributed by atoms with van der Waals surface area (Å²) in [7, 11) is 1.53. The van der Waals surface area contributed by atoms with E-state index >= 15 is 0 Å². The fourth-order valence-electron chi connectivity index (χ4n) is 7.46. The molecule has 406 valence electrons. The fraction of sp³-hybridized carbons (Fsp3) is 0.661. The first-order valence-corrected chi connectivity index (χ1v) is 29.9. The van der Waals surface area contributed by atoms with Crippen molar-refractivity contribution in [1.82, 2.24) is 5.32 Å². The third kappa shape index (κ3) is 54.5. The Bertz CT molecular complexity index is 1560. The summed E-state index contributed by atoms with van der Waals surface area (Å²) in [5.74, 6) is -0.198. The number of aliphatic hydroxyl groups is 1. The van der Waals surface area contributed by atoms with E-state index in [4.69, 9.17) is 9.05 Å². The Labute approximate surface area is 437 Å². The van der Waals surface area contributed by atoms with Crippen LogP contribution in [0.2, 0.25) is 0 Å². The van der Waals surface area contributed by atoms with Crippen LogP contribution in [0.4, 0.5) is 0 Å². The molecule has 3 unspecified atom stereocenters. The van der Waals surface area contributed by atoms with Crippen LogP contribution in [0, 0.1) is 0 Å². The minimum Gasteiger partial charge on any atom is -0.387 e. The molecule has 0 saturated carbocycles. The van der Waals surface area contributed by atoms with E-state index in [1.807, 2.05) is 27.2 Å². The summed E-state index contributed by atoms with van der Waals surface area (Å²) < 4.78 is 23.6. The molecule has 9 heteroatoms. The standard InChI is InChI=1S/C62H107N2O6P/c1-6-8-10-12-14-16-18-20-22-23-24-25-26-27-28-29-30-31-32-33-34-35-36-37-38-39-40-41-42-44-46-48-50-52-54-56-62(66)63-60(59-70-71(67,68)69-58-57-64(3,4)5)61(65)55-53-51-49-47-45-43-21-19-17-15-13-11-9-7-2/h8,10,14,16-17,19-20,22,24-25,27-28,30-31,33-34,45,47,53,55,60-61,65H,6-7,9,11-13,15,18,21,23,26,29,32,35-44,46,48-52,54,56-59H2,1-5H3,(H-,63,66,67,68)/p+1/b10-8-,16-14-,19-17+,22-20-,25-24-,28-27-,31-30-,34-33-,47-45+,55-53+. The van der Waals surface area contributed by atoms with Gasteiger partial charge in [0.05, 0.1) is 39.9 Å². The van der Waals surface area contributed by atoms with Crippen LogP contribution in [-0.4, -0.2) is 73.4 Å². The van der Waals surface area contributed by atoms with Gasteiger partial charge in [0.25, 0.3) is 0 Å². The first-order valence-electron chi connectivity index (χ1n) is 28.4. The number of hydrogen-bond acceptors (Lipinski definition) is 5. The van der Waals surface area contributed by atoms with Gasteiger partial charge in [-0.25, -0.2) is 4.57 Å². The monoisotopic (exact) mass is 1010 g/mol. The van der Waals surface area contributed by atoms with E-state index in [0.29, 0.717) is 17.4 Å². The van der Waals surface area contributed by atoms with Crippen molar-refractivity contribution < 1.29 is 32.9 Å². The molecule has 3 N–H and O–H groups in total. The number of allylic oxidation sites excluding steroid dienone is 19. The second kappa shape index (κ2) is 51.8. The Morgan fingerprint density at radius 1 is 0.493 bits per heavy atom. The number of aliphatic hydroxyl groups excluding tert-OH is 1. The molecule has 8 nitrogen and oxygen atoms in total. The lowest BCUT2D eigenvalue weighted by atomic mass is 10.0. The van der Waals surface area contributed by atoms with Crippen molar-refractivity contribution in [2.75, 3.05) is 40.9 Å². The summed E-state index contributed by atoms with van der Waals surface area (Å²) in [5.41, 5.74) is 0. The van der Waals surface area contributed by atoms with Crippen molar-refractivity contribution >= 4 is 13.7 Å². The Morgan fingerprint density at radius 2 is 0.859 bits per heavy atom. The Hall–Kier alpha value is -3.10. The molecule has 0 radical (unpaired) electrons. The molecule has 71 heavy (non-hydrogen) atoms. The molecule has 0 aromatic rings. The van der Waals surface area contributed by atoms with Crippen LogP contribution in [0.25, 0.3) is 0 Å². The number of nitrogens with zero attached hydrogens (tertiary/aromatic N) is 1. The SMILES string of the molecule is CC/C=C\C/C=C\C/C=C\C/C=C\C/C=C\C/C=C\C/C=C\CCCCCCCCCCCCCCCC(=O)NC(COP(=O)(O)OCC[N+](C)(C)C)C(O)/C=C/CC/C=C/CC/C=C/CCCCCC. The van der Waals surface area contributed by atoms with Gasteiger partial charge in [-0.1, -0.05) is 225 Å². The Morgan fingerprint density at radius 3 is 1.30 bits per heavy atom. The Kier molecular flexibility index (Phi) is 49.5. The van der Waals surface area contributed by atoms with Gasteiger partial charge in [-0.05, 0) is 103 Å². The zero-order chi connectivity index (χ0) is 52.0. The predicted molar refractivity (Wildman–Crippen MR) is 308 cm³/mol. The van der Waals surface area contributed by atoms with Crippen molar-refractivity contribution in [1.29, 1.82) is 0 Å². The van der Waals surface area contributed by atoms with Crippen molar-refractivity contribution in [3.63, 3.8) is 0 Å². The summed E-state index contributed by atoms with van der Waals surface area (Å²) in [4.78, 5) is 23.2. The fourth-order valence-corrected chi connectivity index (χ4v) is 8.20. The highest BCUT2D eigenvalue weighted by atomic mass is 31.2. The predicted octanol–water partition coefficient (Wildman–Crippen LogP) is 17.4. The van der Waals surface area contributed by atoms with Crippen molar-refractivity contribution in [3.05, 3.63) is 122 Å². The normalized spacial score (nSPS) is 14.9. The molecule has 0 aliphatic heterocycles. The highest BCUT2D eigenvalue weighted by Crippen LogP contribution is 2.43. The second-order valence-corrected chi connectivity index (χ2v) is 21.4. The molecule has 0 bridgehead atoms. The van der Waals surface area contributed by atoms with E-state index in [-0.39, 0.29) is 19.1 Å². The van der Waals surface area contributed by atoms with Gasteiger partial charge in [-0.2, -0.15) is 0 Å². The van der Waals surface area contributed by atoms with Gasteiger partial charge in [-0.15, -0.1) is 0 Å². The number of unbranched alkanes of at least 4 members (excludes halogenated alkanes) is 19. The largest absolute Gasteiger partial charge is 0.472 e. The number of carbonyl (C=O) groups is 1. The summed E-state index contributed by atoms with van der Waals surface area (Å²) in [5, 5.41) is 13.9. The number of amides is 1. The second-order valence-electron chi connectivity index (χ2n) is 19.9. The van der Waals surface area contributed by atoms with E-state index in [2.05, 4.69) is 129 Å². The first kappa shape index (κ1) is 67.9. The third-order valence-corrected chi connectivity index (χ3v) is 12.9. The van der Waals surface area contributed by atoms with Gasteiger partial charge in [-0.3, -0.25) is 13.8 Å². The minimum atomic E-state index is -4.36. The minimum absolute atomic E-state index is 0.0480. The van der Waals surface area contributed by atoms with Crippen LogP contribution < -0.4 is 5.32 Å². The quantitative estimate of drug-likeness (QED) is 0.0243. The molecule has 0 rings (SSSR count). The van der Waals surface area contributed by atoms with E-state index in [9.17, 15) is 19.4 Å². The molecule has 0 aromatic carbocycles. The van der Waals surface area contributed by atoms with Crippen LogP contribution in [0.5, 0.6) is 0 Å². The lowest BCUT2D eigenvalue weighted by molar-refractivity contribution is -0.870. The van der Waals surface area contributed by atoms with Crippen LogP contribution in [0.3, 0.4) is 0 Å². The van der Waals surface area contributed by atoms with Gasteiger partial charge in [0.15, 0.2) is 0 Å². The zero-order valence-electron chi connectivity index (χ0n) is 46.2. The van der Waals surface area contributed by atoms with Crippen LogP contribution in [-0.2, 0) is 18.4 Å². The lowest BCUT2D eigenvalue weighted by Gasteiger charge is -2.25. The van der Waals surface area contributed by atoms with E-state index in [1.54, 1.807) is 6.08 Å². The maximum absolute atomic E-state index is 13.0. The molecule has 0 spiro atoms. The number of carbonyl (C=O) groups excluding carboxylic acids is 1. The molecule has 0 aliphatic carbocycles.